The van der Waals surface area contributed by atoms with Crippen molar-refractivity contribution in [2.45, 2.75) is 70.6 Å². The van der Waals surface area contributed by atoms with Gasteiger partial charge in [0.2, 0.25) is 0 Å². The summed E-state index contributed by atoms with van der Waals surface area (Å²) in [4.78, 5) is 0. The van der Waals surface area contributed by atoms with Gasteiger partial charge in [0, 0.05) is 31.8 Å². The first-order chi connectivity index (χ1) is 9.61. The second kappa shape index (κ2) is 7.23. The number of ether oxygens (including phenoxy) is 1. The number of nitrogens with two attached hydrogens (primary N) is 1. The van der Waals surface area contributed by atoms with E-state index in [1.807, 2.05) is 10.9 Å². The van der Waals surface area contributed by atoms with Crippen LogP contribution in [0.4, 0.5) is 0 Å². The molecule has 114 valence electrons. The molecule has 2 N–H and O–H groups in total. The van der Waals surface area contributed by atoms with Crippen LogP contribution < -0.4 is 5.73 Å². The molecular weight excluding hydrogens is 250 g/mol. The summed E-state index contributed by atoms with van der Waals surface area (Å²) >= 11 is 0. The fourth-order valence-corrected chi connectivity index (χ4v) is 3.31. The molecule has 0 radical (unpaired) electrons. The van der Waals surface area contributed by atoms with E-state index in [4.69, 9.17) is 10.5 Å². The van der Waals surface area contributed by atoms with Gasteiger partial charge in [0.25, 0.3) is 0 Å². The highest BCUT2D eigenvalue weighted by Crippen LogP contribution is 2.29. The van der Waals surface area contributed by atoms with Crippen LogP contribution >= 0.6 is 0 Å². The van der Waals surface area contributed by atoms with Crippen molar-refractivity contribution in [3.8, 4) is 0 Å². The highest BCUT2D eigenvalue weighted by molar-refractivity contribution is 5.03. The molecule has 1 heterocycles. The minimum atomic E-state index is 0.0404. The van der Waals surface area contributed by atoms with Crippen molar-refractivity contribution in [1.29, 1.82) is 0 Å². The first-order valence-electron chi connectivity index (χ1n) is 7.94. The van der Waals surface area contributed by atoms with E-state index in [0.29, 0.717) is 12.0 Å². The van der Waals surface area contributed by atoms with E-state index in [0.717, 1.165) is 12.1 Å². The number of hydrogen-bond acceptors (Lipinski definition) is 3. The van der Waals surface area contributed by atoms with E-state index >= 15 is 0 Å². The van der Waals surface area contributed by atoms with Gasteiger partial charge < -0.3 is 10.5 Å². The summed E-state index contributed by atoms with van der Waals surface area (Å²) in [6.45, 7) is 4.27. The fraction of sp³-hybridized carbons (Fsp3) is 0.812. The third-order valence-electron chi connectivity index (χ3n) is 4.45. The van der Waals surface area contributed by atoms with Crippen LogP contribution in [0, 0.1) is 5.92 Å². The molecule has 0 spiro atoms. The summed E-state index contributed by atoms with van der Waals surface area (Å²) in [5.74, 6) is 0.621. The van der Waals surface area contributed by atoms with E-state index in [9.17, 15) is 0 Å². The summed E-state index contributed by atoms with van der Waals surface area (Å²) in [6.07, 6.45) is 9.52. The summed E-state index contributed by atoms with van der Waals surface area (Å²) in [5.41, 5.74) is 7.48. The number of methoxy groups -OCH3 is 1. The Hall–Kier alpha value is -0.870. The molecule has 1 aromatic rings. The van der Waals surface area contributed by atoms with Gasteiger partial charge in [-0.2, -0.15) is 5.10 Å². The first kappa shape index (κ1) is 15.5. The van der Waals surface area contributed by atoms with Crippen molar-refractivity contribution in [2.24, 2.45) is 11.7 Å². The monoisotopic (exact) mass is 279 g/mol. The maximum Gasteiger partial charge on any atom is 0.0754 e. The molecule has 2 unspecified atom stereocenters. The van der Waals surface area contributed by atoms with Crippen LogP contribution in [0.2, 0.25) is 0 Å². The number of aromatic nitrogens is 2. The Bertz CT molecular complexity index is 396. The van der Waals surface area contributed by atoms with Crippen LogP contribution in [0.5, 0.6) is 0 Å². The molecule has 4 nitrogen and oxygen atoms in total. The van der Waals surface area contributed by atoms with E-state index < -0.39 is 0 Å². The van der Waals surface area contributed by atoms with Gasteiger partial charge in [0.1, 0.15) is 0 Å². The molecule has 4 heteroatoms. The second-order valence-corrected chi connectivity index (χ2v) is 6.35. The Kier molecular flexibility index (Phi) is 5.61. The molecule has 0 amide bonds. The Morgan fingerprint density at radius 2 is 2.05 bits per heavy atom. The third kappa shape index (κ3) is 3.83. The molecule has 1 fully saturated rings. The van der Waals surface area contributed by atoms with E-state index in [1.165, 1.54) is 32.1 Å². The van der Waals surface area contributed by atoms with E-state index in [1.54, 1.807) is 7.11 Å². The highest BCUT2D eigenvalue weighted by atomic mass is 16.5. The molecule has 1 aromatic heterocycles. The minimum Gasteiger partial charge on any atom is -0.380 e. The predicted molar refractivity (Wildman–Crippen MR) is 81.7 cm³/mol. The lowest BCUT2D eigenvalue weighted by molar-refractivity contribution is 0.0176. The summed E-state index contributed by atoms with van der Waals surface area (Å²) in [5, 5.41) is 4.59. The van der Waals surface area contributed by atoms with Gasteiger partial charge in [-0.05, 0) is 38.7 Å². The van der Waals surface area contributed by atoms with Gasteiger partial charge in [0.15, 0.2) is 0 Å². The lowest BCUT2D eigenvalue weighted by Crippen LogP contribution is -2.43. The molecule has 1 saturated carbocycles. The lowest BCUT2D eigenvalue weighted by atomic mass is 9.82. The van der Waals surface area contributed by atoms with Gasteiger partial charge in [-0.1, -0.05) is 19.3 Å². The van der Waals surface area contributed by atoms with Crippen molar-refractivity contribution in [3.63, 3.8) is 0 Å². The zero-order valence-corrected chi connectivity index (χ0v) is 13.1. The van der Waals surface area contributed by atoms with Crippen LogP contribution in [0.1, 0.15) is 57.7 Å². The van der Waals surface area contributed by atoms with Crippen LogP contribution in [0.3, 0.4) is 0 Å². The largest absolute Gasteiger partial charge is 0.380 e. The first-order valence-corrected chi connectivity index (χ1v) is 7.94. The SMILES string of the molecule is COC(C(N)Cc1ccn(C(C)C)n1)C1CCCCC1. The van der Waals surface area contributed by atoms with Crippen molar-refractivity contribution < 1.29 is 4.74 Å². The smallest absolute Gasteiger partial charge is 0.0754 e. The second-order valence-electron chi connectivity index (χ2n) is 6.35. The van der Waals surface area contributed by atoms with Crippen LogP contribution in [-0.2, 0) is 11.2 Å². The maximum absolute atomic E-state index is 6.40. The van der Waals surface area contributed by atoms with E-state index in [-0.39, 0.29) is 12.1 Å². The van der Waals surface area contributed by atoms with Gasteiger partial charge in [0.05, 0.1) is 11.8 Å². The van der Waals surface area contributed by atoms with Gasteiger partial charge in [-0.15, -0.1) is 0 Å². The number of hydrogen-bond donors (Lipinski definition) is 1. The standard InChI is InChI=1S/C16H29N3O/c1-12(2)19-10-9-14(18-19)11-15(17)16(20-3)13-7-5-4-6-8-13/h9-10,12-13,15-16H,4-8,11,17H2,1-3H3. The van der Waals surface area contributed by atoms with Crippen molar-refractivity contribution in [1.82, 2.24) is 9.78 Å². The zero-order valence-electron chi connectivity index (χ0n) is 13.1. The van der Waals surface area contributed by atoms with Crippen molar-refractivity contribution >= 4 is 0 Å². The molecular formula is C16H29N3O. The summed E-state index contributed by atoms with van der Waals surface area (Å²) in [7, 11) is 1.80. The van der Waals surface area contributed by atoms with Gasteiger partial charge in [-0.25, -0.2) is 0 Å². The zero-order chi connectivity index (χ0) is 14.5. The van der Waals surface area contributed by atoms with E-state index in [2.05, 4.69) is 25.0 Å². The molecule has 0 saturated heterocycles. The predicted octanol–water partition coefficient (Wildman–Crippen LogP) is 2.93. The molecule has 0 bridgehead atoms. The molecule has 2 atom stereocenters. The normalized spacial score (nSPS) is 20.2. The third-order valence-corrected chi connectivity index (χ3v) is 4.45. The molecule has 0 aromatic carbocycles. The Balaban J connectivity index is 1.95. The lowest BCUT2D eigenvalue weighted by Gasteiger charge is -2.32. The number of rotatable bonds is 6. The average molecular weight is 279 g/mol. The Labute approximate surface area is 122 Å². The Morgan fingerprint density at radius 3 is 2.60 bits per heavy atom. The summed E-state index contributed by atoms with van der Waals surface area (Å²) in [6, 6.07) is 2.52. The number of nitrogens with zero attached hydrogens (tertiary/aromatic N) is 2. The molecule has 0 aliphatic heterocycles. The highest BCUT2D eigenvalue weighted by Gasteiger charge is 2.29. The topological polar surface area (TPSA) is 53.1 Å². The molecule has 1 aliphatic rings. The minimum absolute atomic E-state index is 0.0404. The Morgan fingerprint density at radius 1 is 1.35 bits per heavy atom. The van der Waals surface area contributed by atoms with Crippen molar-refractivity contribution in [3.05, 3.63) is 18.0 Å². The van der Waals surface area contributed by atoms with Crippen LogP contribution in [0.25, 0.3) is 0 Å². The molecule has 1 aliphatic carbocycles. The van der Waals surface area contributed by atoms with Gasteiger partial charge >= 0.3 is 0 Å². The summed E-state index contributed by atoms with van der Waals surface area (Å²) < 4.78 is 7.71. The maximum atomic E-state index is 6.40. The van der Waals surface area contributed by atoms with Crippen LogP contribution in [-0.4, -0.2) is 29.0 Å². The van der Waals surface area contributed by atoms with Crippen molar-refractivity contribution in [2.75, 3.05) is 7.11 Å². The van der Waals surface area contributed by atoms with Crippen LogP contribution in [0.15, 0.2) is 12.3 Å². The molecule has 20 heavy (non-hydrogen) atoms. The fourth-order valence-electron chi connectivity index (χ4n) is 3.31. The average Bonchev–Trinajstić information content (AvgIpc) is 2.89. The quantitative estimate of drug-likeness (QED) is 0.871. The van der Waals surface area contributed by atoms with Gasteiger partial charge in [-0.3, -0.25) is 4.68 Å². The molecule has 2 rings (SSSR count).